The van der Waals surface area contributed by atoms with Crippen molar-refractivity contribution in [3.05, 3.63) is 0 Å². The van der Waals surface area contributed by atoms with Crippen LogP contribution >= 0.6 is 0 Å². The van der Waals surface area contributed by atoms with Gasteiger partial charge in [-0.2, -0.15) is 0 Å². The fourth-order valence-electron chi connectivity index (χ4n) is 12.8. The number of Topliss-reactive ketones (excluding diaryl/α,β-unsaturated/α-hetero) is 1. The number of carbonyl (C=O) groups is 2. The molecule has 0 unspecified atom stereocenters. The first-order valence-electron chi connectivity index (χ1n) is 22.4. The van der Waals surface area contributed by atoms with Crippen molar-refractivity contribution in [1.82, 2.24) is 5.32 Å². The molecular weight excluding hydrogens is 750 g/mol. The average Bonchev–Trinajstić information content (AvgIpc) is 3.45. The lowest BCUT2D eigenvalue weighted by molar-refractivity contribution is -0.361. The van der Waals surface area contributed by atoms with Gasteiger partial charge >= 0.3 is 0 Å². The molecule has 8 N–H and O–H groups in total. The summed E-state index contributed by atoms with van der Waals surface area (Å²) in [5, 5.41) is 77.9. The summed E-state index contributed by atoms with van der Waals surface area (Å²) in [6, 6.07) is 0. The Kier molecular flexibility index (Phi) is 14.8. The lowest BCUT2D eigenvalue weighted by Crippen LogP contribution is -2.64. The van der Waals surface area contributed by atoms with Gasteiger partial charge in [-0.25, -0.2) is 0 Å². The second-order valence-electron chi connectivity index (χ2n) is 20.4. The van der Waals surface area contributed by atoms with Crippen molar-refractivity contribution in [3.8, 4) is 0 Å². The number of aliphatic hydroxyl groups is 7. The van der Waals surface area contributed by atoms with Gasteiger partial charge in [0, 0.05) is 25.3 Å². The highest BCUT2D eigenvalue weighted by atomic mass is 16.7. The molecule has 0 radical (unpaired) electrons. The third-order valence-electron chi connectivity index (χ3n) is 16.1. The first kappa shape index (κ1) is 46.2. The van der Waals surface area contributed by atoms with E-state index in [0.717, 1.165) is 51.4 Å². The van der Waals surface area contributed by atoms with Crippen molar-refractivity contribution in [1.29, 1.82) is 0 Å². The quantitative estimate of drug-likeness (QED) is 0.118. The molecule has 4 saturated carbocycles. The Morgan fingerprint density at radius 2 is 1.47 bits per heavy atom. The maximum Gasteiger partial charge on any atom is 0.220 e. The van der Waals surface area contributed by atoms with Crippen LogP contribution in [0, 0.1) is 58.2 Å². The lowest BCUT2D eigenvalue weighted by Gasteiger charge is -2.61. The largest absolute Gasteiger partial charge is 0.394 e. The molecule has 4 aliphatic carbocycles. The van der Waals surface area contributed by atoms with Crippen LogP contribution in [0.2, 0.25) is 0 Å². The van der Waals surface area contributed by atoms with E-state index < -0.39 is 74.1 Å². The Bertz CT molecular complexity index is 1400. The molecule has 6 fully saturated rings. The van der Waals surface area contributed by atoms with E-state index in [1.165, 1.54) is 6.92 Å². The van der Waals surface area contributed by atoms with Crippen molar-refractivity contribution in [3.63, 3.8) is 0 Å². The van der Waals surface area contributed by atoms with Gasteiger partial charge in [-0.05, 0) is 117 Å². The summed E-state index contributed by atoms with van der Waals surface area (Å²) >= 11 is 0. The number of rotatable bonds is 14. The highest BCUT2D eigenvalue weighted by Gasteiger charge is 2.63. The summed E-state index contributed by atoms with van der Waals surface area (Å²) in [7, 11) is 0. The van der Waals surface area contributed by atoms with Crippen LogP contribution in [0.1, 0.15) is 119 Å². The SMILES string of the molecule is CC(C)CC(=O)NC[C@@H](C)CCC(=O)[C@@H](C)[C@H]1[C@H](O)C[C@@H]2[C@@H]3CC[C@H]4C[C@@H](O[C@@H]5O[C@H](CO)[C@@H](O[C@H]6O[C@@H](C)[C@H](O)[C@@H](O)[C@H]6O)[C@H](O)[C@H]5O)CC[C@]4(C)[C@H]3CC[C@]12C. The second-order valence-corrected chi connectivity index (χ2v) is 20.4. The van der Waals surface area contributed by atoms with Gasteiger partial charge in [0.1, 0.15) is 48.5 Å². The normalized spacial score (nSPS) is 47.7. The van der Waals surface area contributed by atoms with Crippen LogP contribution in [0.5, 0.6) is 0 Å². The maximum atomic E-state index is 13.7. The molecule has 0 bridgehead atoms. The number of hydrogen-bond donors (Lipinski definition) is 8. The number of ketones is 1. The van der Waals surface area contributed by atoms with Gasteiger partial charge in [-0.15, -0.1) is 0 Å². The third kappa shape index (κ3) is 9.09. The molecule has 2 saturated heterocycles. The van der Waals surface area contributed by atoms with E-state index in [1.807, 2.05) is 20.8 Å². The topological polar surface area (TPSA) is 225 Å². The predicted molar refractivity (Wildman–Crippen MR) is 212 cm³/mol. The molecule has 14 nitrogen and oxygen atoms in total. The monoisotopic (exact) mass is 826 g/mol. The number of carbonyl (C=O) groups excluding carboxylic acids is 2. The van der Waals surface area contributed by atoms with Crippen LogP contribution in [-0.2, 0) is 28.5 Å². The van der Waals surface area contributed by atoms with E-state index in [-0.39, 0.29) is 46.4 Å². The standard InChI is InChI=1S/C44H75NO13/c1-21(2)16-33(49)45-19-22(3)8-11-30(47)23(4)34-31(48)18-29-27-10-9-25-17-26(12-14-43(25,6)28(27)13-15-44(29,34)7)56-42-39(54)37(52)40(32(20-46)57-42)58-41-38(53)36(51)35(50)24(5)55-41/h21-29,31-32,34-42,46,48,50-54H,8-20H2,1-7H3,(H,45,49)/t22-,23+,24-,25-,26-,27+,28-,29+,31+,32+,34-,35-,36+,37+,38+,39+,40+,41+,42+,43-,44-/m0/s1. The maximum absolute atomic E-state index is 13.7. The zero-order valence-corrected chi connectivity index (χ0v) is 35.8. The number of nitrogens with one attached hydrogen (secondary N) is 1. The van der Waals surface area contributed by atoms with Gasteiger partial charge in [0.2, 0.25) is 5.91 Å². The van der Waals surface area contributed by atoms with Gasteiger partial charge in [0.25, 0.3) is 0 Å². The van der Waals surface area contributed by atoms with Crippen molar-refractivity contribution in [2.75, 3.05) is 13.2 Å². The molecule has 14 heteroatoms. The lowest BCUT2D eigenvalue weighted by atomic mass is 9.44. The molecule has 2 aliphatic heterocycles. The fraction of sp³-hybridized carbons (Fsp3) is 0.955. The van der Waals surface area contributed by atoms with Crippen LogP contribution in [0.3, 0.4) is 0 Å². The molecule has 0 spiro atoms. The van der Waals surface area contributed by atoms with E-state index in [0.29, 0.717) is 55.4 Å². The van der Waals surface area contributed by atoms with Crippen molar-refractivity contribution in [2.45, 2.75) is 193 Å². The molecule has 0 aromatic heterocycles. The van der Waals surface area contributed by atoms with Crippen LogP contribution in [0.15, 0.2) is 0 Å². The Morgan fingerprint density at radius 3 is 2.16 bits per heavy atom. The van der Waals surface area contributed by atoms with Gasteiger partial charge in [-0.1, -0.05) is 41.5 Å². The number of ether oxygens (including phenoxy) is 4. The molecule has 6 aliphatic rings. The minimum atomic E-state index is -1.63. The van der Waals surface area contributed by atoms with Gasteiger partial charge in [-0.3, -0.25) is 9.59 Å². The molecule has 58 heavy (non-hydrogen) atoms. The summed E-state index contributed by atoms with van der Waals surface area (Å²) in [6.07, 6.45) is -5.42. The zero-order valence-electron chi connectivity index (χ0n) is 35.8. The first-order valence-corrected chi connectivity index (χ1v) is 22.4. The first-order chi connectivity index (χ1) is 27.3. The Labute approximate surface area is 344 Å². The number of amides is 1. The van der Waals surface area contributed by atoms with Crippen LogP contribution in [0.25, 0.3) is 0 Å². The summed E-state index contributed by atoms with van der Waals surface area (Å²) < 4.78 is 23.7. The summed E-state index contributed by atoms with van der Waals surface area (Å²) in [4.78, 5) is 25.8. The molecule has 1 amide bonds. The smallest absolute Gasteiger partial charge is 0.220 e. The molecule has 0 aromatic rings. The Hall–Kier alpha value is -1.30. The van der Waals surface area contributed by atoms with Crippen LogP contribution in [-0.4, -0.2) is 134 Å². The summed E-state index contributed by atoms with van der Waals surface area (Å²) in [6.45, 7) is 14.4. The summed E-state index contributed by atoms with van der Waals surface area (Å²) in [5.41, 5.74) is -0.0419. The molecule has 334 valence electrons. The van der Waals surface area contributed by atoms with Crippen molar-refractivity contribution >= 4 is 11.7 Å². The molecular formula is C44H75NO13. The predicted octanol–water partition coefficient (Wildman–Crippen LogP) is 2.44. The fourth-order valence-corrected chi connectivity index (χ4v) is 12.8. The second kappa shape index (κ2) is 18.6. The van der Waals surface area contributed by atoms with Crippen LogP contribution in [0.4, 0.5) is 0 Å². The van der Waals surface area contributed by atoms with E-state index in [2.05, 4.69) is 26.1 Å². The molecule has 6 rings (SSSR count). The van der Waals surface area contributed by atoms with E-state index in [4.69, 9.17) is 18.9 Å². The van der Waals surface area contributed by atoms with E-state index >= 15 is 0 Å². The van der Waals surface area contributed by atoms with Crippen molar-refractivity contribution in [2.24, 2.45) is 58.2 Å². The minimum absolute atomic E-state index is 0.0532. The van der Waals surface area contributed by atoms with Gasteiger partial charge in [0.15, 0.2) is 12.6 Å². The average molecular weight is 826 g/mol. The number of hydrogen-bond acceptors (Lipinski definition) is 13. The van der Waals surface area contributed by atoms with Gasteiger partial charge < -0.3 is 60.0 Å². The van der Waals surface area contributed by atoms with Crippen LogP contribution < -0.4 is 5.32 Å². The minimum Gasteiger partial charge on any atom is -0.394 e. The zero-order chi connectivity index (χ0) is 42.4. The molecule has 0 aromatic carbocycles. The molecule has 2 heterocycles. The Balaban J connectivity index is 1.03. The molecule has 21 atom stereocenters. The van der Waals surface area contributed by atoms with Gasteiger partial charge in [0.05, 0.1) is 24.9 Å². The highest BCUT2D eigenvalue weighted by molar-refractivity contribution is 5.81. The number of fused-ring (bicyclic) bond motifs is 5. The third-order valence-corrected chi connectivity index (χ3v) is 16.1. The number of aliphatic hydroxyl groups excluding tert-OH is 7. The van der Waals surface area contributed by atoms with Crippen molar-refractivity contribution < 1.29 is 64.3 Å². The highest BCUT2D eigenvalue weighted by Crippen LogP contribution is 2.68. The summed E-state index contributed by atoms with van der Waals surface area (Å²) in [5.74, 6) is 2.14. The van der Waals surface area contributed by atoms with E-state index in [1.54, 1.807) is 0 Å². The Morgan fingerprint density at radius 1 is 0.793 bits per heavy atom. The van der Waals surface area contributed by atoms with E-state index in [9.17, 15) is 45.3 Å².